The zero-order valence-electron chi connectivity index (χ0n) is 13.3. The van der Waals surface area contributed by atoms with Crippen molar-refractivity contribution in [1.82, 2.24) is 5.32 Å². The van der Waals surface area contributed by atoms with E-state index < -0.39 is 0 Å². The summed E-state index contributed by atoms with van der Waals surface area (Å²) in [5.74, 6) is 0. The largest absolute Gasteiger partial charge is 0.445 e. The molecule has 0 fully saturated rings. The molecular formula is C17H26BNO2. The van der Waals surface area contributed by atoms with Crippen molar-refractivity contribution in [1.29, 1.82) is 0 Å². The molecule has 0 spiro atoms. The SMILES string of the molecule is BCc1cc(CC)cc(CCCCNC(=O)OCC=C)c1. The topological polar surface area (TPSA) is 38.3 Å². The van der Waals surface area contributed by atoms with Crippen LogP contribution in [0.25, 0.3) is 0 Å². The first kappa shape index (κ1) is 17.3. The molecule has 0 unspecified atom stereocenters. The predicted molar refractivity (Wildman–Crippen MR) is 90.6 cm³/mol. The lowest BCUT2D eigenvalue weighted by Crippen LogP contribution is -2.25. The second-order valence-corrected chi connectivity index (χ2v) is 5.14. The summed E-state index contributed by atoms with van der Waals surface area (Å²) in [5, 5.41) is 2.74. The van der Waals surface area contributed by atoms with E-state index in [4.69, 9.17) is 4.74 Å². The summed E-state index contributed by atoms with van der Waals surface area (Å²) < 4.78 is 4.85. The molecule has 1 rings (SSSR count). The van der Waals surface area contributed by atoms with Crippen LogP contribution in [0.5, 0.6) is 0 Å². The number of amides is 1. The Labute approximate surface area is 129 Å². The molecule has 0 aliphatic carbocycles. The Bertz CT molecular complexity index is 438. The van der Waals surface area contributed by atoms with Gasteiger partial charge >= 0.3 is 6.09 Å². The maximum Gasteiger partial charge on any atom is 0.407 e. The average Bonchev–Trinajstić information content (AvgIpc) is 2.52. The predicted octanol–water partition coefficient (Wildman–Crippen LogP) is 2.62. The summed E-state index contributed by atoms with van der Waals surface area (Å²) in [6, 6.07) is 6.89. The number of hydrogen-bond donors (Lipinski definition) is 1. The first-order chi connectivity index (χ1) is 10.2. The van der Waals surface area contributed by atoms with Crippen molar-refractivity contribution in [3.63, 3.8) is 0 Å². The van der Waals surface area contributed by atoms with Crippen molar-refractivity contribution in [3.05, 3.63) is 47.5 Å². The van der Waals surface area contributed by atoms with Crippen LogP contribution in [0.3, 0.4) is 0 Å². The normalized spacial score (nSPS) is 10.1. The van der Waals surface area contributed by atoms with E-state index in [1.807, 2.05) is 0 Å². The molecular weight excluding hydrogens is 261 g/mol. The van der Waals surface area contributed by atoms with Gasteiger partial charge in [0.15, 0.2) is 0 Å². The van der Waals surface area contributed by atoms with Gasteiger partial charge in [0.2, 0.25) is 0 Å². The van der Waals surface area contributed by atoms with E-state index in [1.165, 1.54) is 16.7 Å². The molecule has 0 heterocycles. The highest BCUT2D eigenvalue weighted by Gasteiger charge is 2.01. The first-order valence-electron chi connectivity index (χ1n) is 7.82. The Morgan fingerprint density at radius 1 is 1.29 bits per heavy atom. The molecule has 21 heavy (non-hydrogen) atoms. The van der Waals surface area contributed by atoms with Gasteiger partial charge in [-0.1, -0.05) is 49.7 Å². The van der Waals surface area contributed by atoms with Crippen LogP contribution >= 0.6 is 0 Å². The second kappa shape index (κ2) is 10.1. The van der Waals surface area contributed by atoms with Crippen LogP contribution in [0, 0.1) is 0 Å². The fourth-order valence-corrected chi connectivity index (χ4v) is 2.22. The van der Waals surface area contributed by atoms with Crippen LogP contribution in [-0.2, 0) is 23.9 Å². The Kier molecular flexibility index (Phi) is 8.33. The summed E-state index contributed by atoms with van der Waals surface area (Å²) >= 11 is 0. The highest BCUT2D eigenvalue weighted by atomic mass is 16.5. The third kappa shape index (κ3) is 7.03. The molecule has 0 atom stereocenters. The van der Waals surface area contributed by atoms with Crippen LogP contribution < -0.4 is 5.32 Å². The Morgan fingerprint density at radius 3 is 2.67 bits per heavy atom. The molecule has 114 valence electrons. The van der Waals surface area contributed by atoms with Crippen molar-refractivity contribution < 1.29 is 9.53 Å². The van der Waals surface area contributed by atoms with Gasteiger partial charge in [-0.2, -0.15) is 0 Å². The minimum absolute atomic E-state index is 0.259. The molecule has 1 aromatic carbocycles. The van der Waals surface area contributed by atoms with Crippen molar-refractivity contribution in [2.45, 2.75) is 38.9 Å². The van der Waals surface area contributed by atoms with Gasteiger partial charge in [0.25, 0.3) is 0 Å². The van der Waals surface area contributed by atoms with Gasteiger partial charge in [0.05, 0.1) is 0 Å². The molecule has 0 saturated carbocycles. The standard InChI is InChI=1S/C17H26BNO2/c1-3-9-21-17(20)19-8-6-5-7-15-10-14(4-2)11-16(12-15)13-18/h3,10-12H,1,4-9,13,18H2,2H3,(H,19,20). The van der Waals surface area contributed by atoms with Gasteiger partial charge in [-0.25, -0.2) is 4.79 Å². The van der Waals surface area contributed by atoms with Crippen LogP contribution in [0.4, 0.5) is 4.79 Å². The molecule has 4 heteroatoms. The number of unbranched alkanes of at least 4 members (excludes halogenated alkanes) is 1. The lowest BCUT2D eigenvalue weighted by molar-refractivity contribution is 0.158. The van der Waals surface area contributed by atoms with Crippen LogP contribution in [0.1, 0.15) is 36.5 Å². The molecule has 0 aliphatic rings. The molecule has 0 aromatic heterocycles. The maximum absolute atomic E-state index is 11.2. The molecule has 1 N–H and O–H groups in total. The maximum atomic E-state index is 11.2. The summed E-state index contributed by atoms with van der Waals surface area (Å²) in [6.45, 7) is 6.61. The molecule has 1 amide bonds. The summed E-state index contributed by atoms with van der Waals surface area (Å²) in [7, 11) is 2.19. The van der Waals surface area contributed by atoms with Gasteiger partial charge < -0.3 is 10.1 Å². The molecule has 1 aromatic rings. The van der Waals surface area contributed by atoms with Crippen molar-refractivity contribution in [2.75, 3.05) is 13.2 Å². The van der Waals surface area contributed by atoms with Crippen LogP contribution in [-0.4, -0.2) is 27.1 Å². The quantitative estimate of drug-likeness (QED) is 0.431. The van der Waals surface area contributed by atoms with Gasteiger partial charge in [-0.3, -0.25) is 0 Å². The number of rotatable bonds is 9. The number of aryl methyl sites for hydroxylation is 2. The number of nitrogens with one attached hydrogen (secondary N) is 1. The van der Waals surface area contributed by atoms with E-state index in [0.29, 0.717) is 6.54 Å². The van der Waals surface area contributed by atoms with Crippen molar-refractivity contribution in [2.24, 2.45) is 0 Å². The molecule has 0 bridgehead atoms. The lowest BCUT2D eigenvalue weighted by Gasteiger charge is -2.08. The summed E-state index contributed by atoms with van der Waals surface area (Å²) in [5.41, 5.74) is 4.23. The minimum Gasteiger partial charge on any atom is -0.445 e. The van der Waals surface area contributed by atoms with Crippen molar-refractivity contribution >= 4 is 13.9 Å². The summed E-state index contributed by atoms with van der Waals surface area (Å²) in [6.07, 6.45) is 6.44. The number of alkyl carbamates (subject to hydrolysis) is 1. The van der Waals surface area contributed by atoms with E-state index in [1.54, 1.807) is 6.08 Å². The highest BCUT2D eigenvalue weighted by molar-refractivity contribution is 6.08. The molecule has 0 radical (unpaired) electrons. The van der Waals surface area contributed by atoms with Gasteiger partial charge in [-0.05, 0) is 36.8 Å². The Hall–Kier alpha value is -1.71. The smallest absolute Gasteiger partial charge is 0.407 e. The number of hydrogen-bond acceptors (Lipinski definition) is 2. The fraction of sp³-hybridized carbons (Fsp3) is 0.471. The second-order valence-electron chi connectivity index (χ2n) is 5.14. The number of benzene rings is 1. The fourth-order valence-electron chi connectivity index (χ4n) is 2.22. The van der Waals surface area contributed by atoms with Gasteiger partial charge in [0, 0.05) is 6.54 Å². The van der Waals surface area contributed by atoms with Gasteiger partial charge in [-0.15, -0.1) is 0 Å². The van der Waals surface area contributed by atoms with E-state index in [9.17, 15) is 4.79 Å². The van der Waals surface area contributed by atoms with E-state index >= 15 is 0 Å². The summed E-state index contributed by atoms with van der Waals surface area (Å²) in [4.78, 5) is 11.2. The minimum atomic E-state index is -0.365. The number of carbonyl (C=O) groups excluding carboxylic acids is 1. The van der Waals surface area contributed by atoms with Crippen LogP contribution in [0.15, 0.2) is 30.9 Å². The monoisotopic (exact) mass is 287 g/mol. The zero-order chi connectivity index (χ0) is 15.5. The average molecular weight is 287 g/mol. The third-order valence-corrected chi connectivity index (χ3v) is 3.42. The number of ether oxygens (including phenoxy) is 1. The van der Waals surface area contributed by atoms with E-state index in [2.05, 4.69) is 44.9 Å². The van der Waals surface area contributed by atoms with Gasteiger partial charge in [0.1, 0.15) is 14.5 Å². The Balaban J connectivity index is 2.29. The molecule has 0 aliphatic heterocycles. The molecule has 3 nitrogen and oxygen atoms in total. The lowest BCUT2D eigenvalue weighted by atomic mass is 9.92. The van der Waals surface area contributed by atoms with Crippen molar-refractivity contribution in [3.8, 4) is 0 Å². The zero-order valence-corrected chi connectivity index (χ0v) is 13.3. The Morgan fingerprint density at radius 2 is 2.00 bits per heavy atom. The van der Waals surface area contributed by atoms with E-state index in [-0.39, 0.29) is 12.7 Å². The first-order valence-corrected chi connectivity index (χ1v) is 7.82. The number of carbonyl (C=O) groups is 1. The molecule has 0 saturated heterocycles. The van der Waals surface area contributed by atoms with Crippen LogP contribution in [0.2, 0.25) is 0 Å². The highest BCUT2D eigenvalue weighted by Crippen LogP contribution is 2.13. The van der Waals surface area contributed by atoms with E-state index in [0.717, 1.165) is 32.0 Å². The third-order valence-electron chi connectivity index (χ3n) is 3.42.